The maximum absolute atomic E-state index is 12.0. The first kappa shape index (κ1) is 15.8. The highest BCUT2D eigenvalue weighted by molar-refractivity contribution is 6.30. The van der Waals surface area contributed by atoms with Gasteiger partial charge in [-0.25, -0.2) is 0 Å². The highest BCUT2D eigenvalue weighted by Crippen LogP contribution is 2.31. The summed E-state index contributed by atoms with van der Waals surface area (Å²) in [6, 6.07) is 7.12. The lowest BCUT2D eigenvalue weighted by atomic mass is 9.80. The molecule has 1 N–H and O–H groups in total. The molecule has 0 bridgehead atoms. The van der Waals surface area contributed by atoms with E-state index in [0.29, 0.717) is 17.4 Å². The van der Waals surface area contributed by atoms with E-state index in [-0.39, 0.29) is 17.8 Å². The summed E-state index contributed by atoms with van der Waals surface area (Å²) in [5, 5.41) is 3.46. The van der Waals surface area contributed by atoms with Gasteiger partial charge in [-0.3, -0.25) is 9.59 Å². The molecule has 1 aliphatic rings. The minimum atomic E-state index is -0.128. The van der Waals surface area contributed by atoms with Crippen molar-refractivity contribution in [2.45, 2.75) is 32.1 Å². The third-order valence-corrected chi connectivity index (χ3v) is 4.20. The summed E-state index contributed by atoms with van der Waals surface area (Å²) < 4.78 is 4.77. The fraction of sp³-hybridized carbons (Fsp3) is 0.500. The average molecular weight is 310 g/mol. The molecule has 1 saturated carbocycles. The van der Waals surface area contributed by atoms with Crippen LogP contribution in [0.15, 0.2) is 24.3 Å². The number of hydrogen-bond acceptors (Lipinski definition) is 3. The van der Waals surface area contributed by atoms with E-state index in [1.54, 1.807) is 18.2 Å². The Balaban J connectivity index is 1.78. The molecule has 0 unspecified atom stereocenters. The van der Waals surface area contributed by atoms with E-state index in [2.05, 4.69) is 5.32 Å². The van der Waals surface area contributed by atoms with E-state index in [9.17, 15) is 9.59 Å². The van der Waals surface area contributed by atoms with Gasteiger partial charge in [-0.05, 0) is 49.8 Å². The largest absolute Gasteiger partial charge is 0.469 e. The molecule has 0 aromatic heterocycles. The molecular weight excluding hydrogens is 290 g/mol. The molecule has 1 aliphatic carbocycles. The highest BCUT2D eigenvalue weighted by atomic mass is 35.5. The average Bonchev–Trinajstić information content (AvgIpc) is 2.47. The number of amides is 1. The van der Waals surface area contributed by atoms with E-state index in [1.165, 1.54) is 7.11 Å². The van der Waals surface area contributed by atoms with Crippen LogP contribution in [0.5, 0.6) is 0 Å². The van der Waals surface area contributed by atoms with Gasteiger partial charge in [0.1, 0.15) is 0 Å². The summed E-state index contributed by atoms with van der Waals surface area (Å²) in [6.45, 7) is 0. The Hall–Kier alpha value is -1.55. The molecule has 114 valence electrons. The number of halogens is 1. The van der Waals surface area contributed by atoms with Gasteiger partial charge in [0.2, 0.25) is 5.91 Å². The van der Waals surface area contributed by atoms with Crippen molar-refractivity contribution in [1.82, 2.24) is 0 Å². The fourth-order valence-electron chi connectivity index (χ4n) is 2.81. The first-order chi connectivity index (χ1) is 10.1. The van der Waals surface area contributed by atoms with Gasteiger partial charge >= 0.3 is 5.97 Å². The third-order valence-electron chi connectivity index (χ3n) is 3.96. The van der Waals surface area contributed by atoms with Crippen molar-refractivity contribution < 1.29 is 14.3 Å². The lowest BCUT2D eigenvalue weighted by molar-refractivity contribution is -0.146. The Morgan fingerprint density at radius 1 is 1.29 bits per heavy atom. The lowest BCUT2D eigenvalue weighted by Crippen LogP contribution is -2.25. The zero-order valence-corrected chi connectivity index (χ0v) is 12.9. The Bertz CT molecular complexity index is 510. The van der Waals surface area contributed by atoms with Crippen molar-refractivity contribution in [3.05, 3.63) is 29.3 Å². The number of anilines is 1. The number of carbonyl (C=O) groups excluding carboxylic acids is 2. The number of nitrogens with one attached hydrogen (secondary N) is 1. The minimum Gasteiger partial charge on any atom is -0.469 e. The normalized spacial score (nSPS) is 21.6. The summed E-state index contributed by atoms with van der Waals surface area (Å²) in [5.41, 5.74) is 0.718. The molecule has 0 heterocycles. The Morgan fingerprint density at radius 3 is 2.62 bits per heavy atom. The zero-order chi connectivity index (χ0) is 15.2. The summed E-state index contributed by atoms with van der Waals surface area (Å²) in [7, 11) is 1.42. The second-order valence-corrected chi connectivity index (χ2v) is 5.94. The van der Waals surface area contributed by atoms with Crippen LogP contribution in [0.25, 0.3) is 0 Å². The topological polar surface area (TPSA) is 55.4 Å². The molecule has 0 atom stereocenters. The Morgan fingerprint density at radius 2 is 2.00 bits per heavy atom. The molecule has 0 aliphatic heterocycles. The zero-order valence-electron chi connectivity index (χ0n) is 12.1. The third kappa shape index (κ3) is 4.74. The second-order valence-electron chi connectivity index (χ2n) is 5.50. The van der Waals surface area contributed by atoms with E-state index in [4.69, 9.17) is 16.3 Å². The number of methoxy groups -OCH3 is 1. The molecule has 1 amide bonds. The number of carbonyl (C=O) groups is 2. The molecule has 2 rings (SSSR count). The maximum Gasteiger partial charge on any atom is 0.308 e. The van der Waals surface area contributed by atoms with Gasteiger partial charge in [0.05, 0.1) is 13.0 Å². The number of esters is 1. The van der Waals surface area contributed by atoms with Crippen LogP contribution in [-0.4, -0.2) is 19.0 Å². The van der Waals surface area contributed by atoms with Gasteiger partial charge < -0.3 is 10.1 Å². The molecule has 0 radical (unpaired) electrons. The van der Waals surface area contributed by atoms with Crippen LogP contribution in [0.2, 0.25) is 5.02 Å². The number of benzene rings is 1. The predicted molar refractivity (Wildman–Crippen MR) is 82.2 cm³/mol. The quantitative estimate of drug-likeness (QED) is 0.864. The standard InChI is InChI=1S/C16H20ClNO3/c1-21-16(20)12-7-5-11(6-8-12)9-15(19)18-14-4-2-3-13(17)10-14/h2-4,10-12H,5-9H2,1H3,(H,18,19). The second kappa shape index (κ2) is 7.46. The molecular formula is C16H20ClNO3. The summed E-state index contributed by atoms with van der Waals surface area (Å²) in [4.78, 5) is 23.5. The summed E-state index contributed by atoms with van der Waals surface area (Å²) >= 11 is 5.88. The monoisotopic (exact) mass is 309 g/mol. The van der Waals surface area contributed by atoms with Gasteiger partial charge in [-0.1, -0.05) is 17.7 Å². The van der Waals surface area contributed by atoms with E-state index >= 15 is 0 Å². The highest BCUT2D eigenvalue weighted by Gasteiger charge is 2.27. The van der Waals surface area contributed by atoms with Gasteiger partial charge in [-0.2, -0.15) is 0 Å². The molecule has 1 aromatic rings. The molecule has 0 spiro atoms. The van der Waals surface area contributed by atoms with Gasteiger partial charge in [0.15, 0.2) is 0 Å². The molecule has 5 heteroatoms. The van der Waals surface area contributed by atoms with Gasteiger partial charge in [-0.15, -0.1) is 0 Å². The van der Waals surface area contributed by atoms with Crippen LogP contribution in [0.3, 0.4) is 0 Å². The molecule has 21 heavy (non-hydrogen) atoms. The van der Waals surface area contributed by atoms with Crippen molar-refractivity contribution in [3.63, 3.8) is 0 Å². The van der Waals surface area contributed by atoms with Crippen LogP contribution in [0.1, 0.15) is 32.1 Å². The molecule has 0 saturated heterocycles. The van der Waals surface area contributed by atoms with Crippen molar-refractivity contribution in [2.24, 2.45) is 11.8 Å². The first-order valence-corrected chi connectivity index (χ1v) is 7.59. The number of rotatable bonds is 4. The first-order valence-electron chi connectivity index (χ1n) is 7.21. The van der Waals surface area contributed by atoms with Crippen molar-refractivity contribution in [2.75, 3.05) is 12.4 Å². The number of ether oxygens (including phenoxy) is 1. The van der Waals surface area contributed by atoms with Gasteiger partial charge in [0, 0.05) is 17.1 Å². The smallest absolute Gasteiger partial charge is 0.308 e. The van der Waals surface area contributed by atoms with Crippen LogP contribution in [0.4, 0.5) is 5.69 Å². The lowest BCUT2D eigenvalue weighted by Gasteiger charge is -2.26. The van der Waals surface area contributed by atoms with Crippen LogP contribution in [0, 0.1) is 11.8 Å². The predicted octanol–water partition coefficient (Wildman–Crippen LogP) is 3.65. The SMILES string of the molecule is COC(=O)C1CCC(CC(=O)Nc2cccc(Cl)c2)CC1. The van der Waals surface area contributed by atoms with E-state index < -0.39 is 0 Å². The van der Waals surface area contributed by atoms with Crippen molar-refractivity contribution in [3.8, 4) is 0 Å². The van der Waals surface area contributed by atoms with E-state index in [1.807, 2.05) is 6.07 Å². The summed E-state index contributed by atoms with van der Waals surface area (Å²) in [5.74, 6) is 0.211. The Kier molecular flexibility index (Phi) is 5.62. The minimum absolute atomic E-state index is 0.00113. The number of hydrogen-bond donors (Lipinski definition) is 1. The maximum atomic E-state index is 12.0. The molecule has 1 fully saturated rings. The Labute approximate surface area is 129 Å². The van der Waals surface area contributed by atoms with Crippen LogP contribution in [-0.2, 0) is 14.3 Å². The summed E-state index contributed by atoms with van der Waals surface area (Å²) in [6.07, 6.45) is 3.88. The van der Waals surface area contributed by atoms with Crippen LogP contribution < -0.4 is 5.32 Å². The van der Waals surface area contributed by atoms with Crippen molar-refractivity contribution in [1.29, 1.82) is 0 Å². The van der Waals surface area contributed by atoms with E-state index in [0.717, 1.165) is 31.4 Å². The van der Waals surface area contributed by atoms with Crippen molar-refractivity contribution >= 4 is 29.2 Å². The molecule has 1 aromatic carbocycles. The fourth-order valence-corrected chi connectivity index (χ4v) is 3.00. The van der Waals surface area contributed by atoms with Crippen LogP contribution >= 0.6 is 11.6 Å². The molecule has 4 nitrogen and oxygen atoms in total. The van der Waals surface area contributed by atoms with Gasteiger partial charge in [0.25, 0.3) is 0 Å².